The van der Waals surface area contributed by atoms with Crippen molar-refractivity contribution >= 4 is 31.9 Å². The summed E-state index contributed by atoms with van der Waals surface area (Å²) in [7, 11) is 0. The van der Waals surface area contributed by atoms with Crippen LogP contribution in [0.15, 0.2) is 57.5 Å². The number of halogens is 2. The molecule has 1 heterocycles. The van der Waals surface area contributed by atoms with Gasteiger partial charge in [-0.15, -0.1) is 0 Å². The van der Waals surface area contributed by atoms with Crippen LogP contribution in [0.3, 0.4) is 0 Å². The van der Waals surface area contributed by atoms with Crippen LogP contribution in [0, 0.1) is 0 Å². The first kappa shape index (κ1) is 11.5. The number of epoxide rings is 1. The van der Waals surface area contributed by atoms with Gasteiger partial charge in [0.15, 0.2) is 0 Å². The zero-order chi connectivity index (χ0) is 11.9. The Morgan fingerprint density at radius 3 is 1.71 bits per heavy atom. The van der Waals surface area contributed by atoms with E-state index in [1.165, 1.54) is 11.1 Å². The fourth-order valence-electron chi connectivity index (χ4n) is 2.05. The first-order valence-electron chi connectivity index (χ1n) is 5.37. The molecule has 0 bridgehead atoms. The fraction of sp³-hybridized carbons (Fsp3) is 0.143. The highest BCUT2D eigenvalue weighted by molar-refractivity contribution is 9.10. The van der Waals surface area contributed by atoms with Crippen molar-refractivity contribution in [1.82, 2.24) is 0 Å². The van der Waals surface area contributed by atoms with E-state index in [4.69, 9.17) is 4.74 Å². The highest BCUT2D eigenvalue weighted by atomic mass is 79.9. The number of hydrogen-bond acceptors (Lipinski definition) is 1. The average molecular weight is 354 g/mol. The maximum atomic E-state index is 5.74. The van der Waals surface area contributed by atoms with Crippen LogP contribution in [0.5, 0.6) is 0 Å². The standard InChI is InChI=1S/C14H10Br2O/c15-12-5-1-3-10(7-12)14(9-17-14)11-4-2-6-13(16)8-11/h1-8H,9H2. The van der Waals surface area contributed by atoms with Crippen LogP contribution < -0.4 is 0 Å². The molecule has 0 amide bonds. The quantitative estimate of drug-likeness (QED) is 0.725. The van der Waals surface area contributed by atoms with Crippen molar-refractivity contribution < 1.29 is 4.74 Å². The highest BCUT2D eigenvalue weighted by Gasteiger charge is 2.48. The molecule has 86 valence electrons. The summed E-state index contributed by atoms with van der Waals surface area (Å²) in [6, 6.07) is 16.6. The molecule has 3 rings (SSSR count). The molecular weight excluding hydrogens is 344 g/mol. The molecule has 1 aliphatic rings. The largest absolute Gasteiger partial charge is 0.359 e. The van der Waals surface area contributed by atoms with Crippen molar-refractivity contribution in [1.29, 1.82) is 0 Å². The number of benzene rings is 2. The minimum atomic E-state index is -0.242. The molecule has 1 nitrogen and oxygen atoms in total. The third-order valence-corrected chi connectivity index (χ3v) is 4.00. The number of hydrogen-bond donors (Lipinski definition) is 0. The summed E-state index contributed by atoms with van der Waals surface area (Å²) in [4.78, 5) is 0. The lowest BCUT2D eigenvalue weighted by Crippen LogP contribution is -2.10. The molecule has 17 heavy (non-hydrogen) atoms. The van der Waals surface area contributed by atoms with Gasteiger partial charge in [-0.25, -0.2) is 0 Å². The molecule has 2 aromatic carbocycles. The summed E-state index contributed by atoms with van der Waals surface area (Å²) in [5, 5.41) is 0. The van der Waals surface area contributed by atoms with E-state index in [1.807, 2.05) is 24.3 Å². The Labute approximate surface area is 117 Å². The Hall–Kier alpha value is -0.640. The second-order valence-electron chi connectivity index (χ2n) is 4.14. The van der Waals surface area contributed by atoms with E-state index in [9.17, 15) is 0 Å². The van der Waals surface area contributed by atoms with Gasteiger partial charge in [0.25, 0.3) is 0 Å². The first-order valence-corrected chi connectivity index (χ1v) is 6.95. The second-order valence-corrected chi connectivity index (χ2v) is 5.97. The van der Waals surface area contributed by atoms with Gasteiger partial charge < -0.3 is 4.74 Å². The van der Waals surface area contributed by atoms with Gasteiger partial charge in [-0.2, -0.15) is 0 Å². The number of ether oxygens (including phenoxy) is 1. The van der Waals surface area contributed by atoms with Gasteiger partial charge in [-0.05, 0) is 35.4 Å². The minimum absolute atomic E-state index is 0.242. The molecule has 0 aromatic heterocycles. The Morgan fingerprint density at radius 1 is 0.882 bits per heavy atom. The Balaban J connectivity index is 2.07. The van der Waals surface area contributed by atoms with Crippen LogP contribution in [0.4, 0.5) is 0 Å². The summed E-state index contributed by atoms with van der Waals surface area (Å²) in [6.07, 6.45) is 0. The normalized spacial score (nSPS) is 16.8. The number of rotatable bonds is 2. The average Bonchev–Trinajstić information content (AvgIpc) is 3.10. The van der Waals surface area contributed by atoms with Gasteiger partial charge in [0.1, 0.15) is 5.60 Å². The molecule has 0 unspecified atom stereocenters. The molecule has 0 N–H and O–H groups in total. The molecule has 1 fully saturated rings. The predicted octanol–water partition coefficient (Wildman–Crippen LogP) is 4.49. The monoisotopic (exact) mass is 352 g/mol. The third-order valence-electron chi connectivity index (χ3n) is 3.01. The molecular formula is C14H10Br2O. The Kier molecular flexibility index (Phi) is 2.85. The van der Waals surface area contributed by atoms with E-state index in [1.54, 1.807) is 0 Å². The van der Waals surface area contributed by atoms with Crippen LogP contribution in [0.25, 0.3) is 0 Å². The maximum Gasteiger partial charge on any atom is 0.142 e. The molecule has 1 aliphatic heterocycles. The van der Waals surface area contributed by atoms with Crippen molar-refractivity contribution in [3.63, 3.8) is 0 Å². The summed E-state index contributed by atoms with van der Waals surface area (Å²) in [5.74, 6) is 0. The van der Waals surface area contributed by atoms with Gasteiger partial charge in [-0.3, -0.25) is 0 Å². The molecule has 2 aromatic rings. The SMILES string of the molecule is Brc1cccc(C2(c3cccc(Br)c3)CO2)c1. The maximum absolute atomic E-state index is 5.74. The van der Waals surface area contributed by atoms with Gasteiger partial charge >= 0.3 is 0 Å². The Morgan fingerprint density at radius 2 is 1.35 bits per heavy atom. The predicted molar refractivity (Wildman–Crippen MR) is 75.0 cm³/mol. The van der Waals surface area contributed by atoms with Gasteiger partial charge in [0.05, 0.1) is 6.61 Å². The molecule has 0 atom stereocenters. The summed E-state index contributed by atoms with van der Waals surface area (Å²) < 4.78 is 7.90. The van der Waals surface area contributed by atoms with E-state index < -0.39 is 0 Å². The van der Waals surface area contributed by atoms with Crippen LogP contribution in [0.2, 0.25) is 0 Å². The van der Waals surface area contributed by atoms with Crippen molar-refractivity contribution in [3.05, 3.63) is 68.6 Å². The van der Waals surface area contributed by atoms with Gasteiger partial charge in [-0.1, -0.05) is 56.1 Å². The summed E-state index contributed by atoms with van der Waals surface area (Å²) in [5.41, 5.74) is 2.16. The van der Waals surface area contributed by atoms with Crippen molar-refractivity contribution in [2.75, 3.05) is 6.61 Å². The highest BCUT2D eigenvalue weighted by Crippen LogP contribution is 2.46. The molecule has 3 heteroatoms. The zero-order valence-electron chi connectivity index (χ0n) is 8.99. The molecule has 1 saturated heterocycles. The lowest BCUT2D eigenvalue weighted by atomic mass is 9.92. The fourth-order valence-corrected chi connectivity index (χ4v) is 2.85. The topological polar surface area (TPSA) is 12.5 Å². The van der Waals surface area contributed by atoms with Crippen LogP contribution in [-0.2, 0) is 10.3 Å². The minimum Gasteiger partial charge on any atom is -0.359 e. The van der Waals surface area contributed by atoms with E-state index in [0.29, 0.717) is 0 Å². The van der Waals surface area contributed by atoms with Gasteiger partial charge in [0.2, 0.25) is 0 Å². The molecule has 0 spiro atoms. The molecule has 0 saturated carbocycles. The van der Waals surface area contributed by atoms with Crippen molar-refractivity contribution in [3.8, 4) is 0 Å². The van der Waals surface area contributed by atoms with E-state index in [2.05, 4.69) is 56.1 Å². The van der Waals surface area contributed by atoms with Crippen LogP contribution >= 0.6 is 31.9 Å². The smallest absolute Gasteiger partial charge is 0.142 e. The summed E-state index contributed by atoms with van der Waals surface area (Å²) >= 11 is 7.01. The van der Waals surface area contributed by atoms with E-state index in [-0.39, 0.29) is 5.60 Å². The first-order chi connectivity index (χ1) is 8.21. The van der Waals surface area contributed by atoms with Gasteiger partial charge in [0, 0.05) is 8.95 Å². The Bertz CT molecular complexity index is 514. The van der Waals surface area contributed by atoms with Crippen molar-refractivity contribution in [2.24, 2.45) is 0 Å². The van der Waals surface area contributed by atoms with E-state index >= 15 is 0 Å². The van der Waals surface area contributed by atoms with Crippen LogP contribution in [-0.4, -0.2) is 6.61 Å². The molecule has 0 radical (unpaired) electrons. The van der Waals surface area contributed by atoms with E-state index in [0.717, 1.165) is 15.6 Å². The third kappa shape index (κ3) is 2.07. The van der Waals surface area contributed by atoms with Crippen molar-refractivity contribution in [2.45, 2.75) is 5.60 Å². The zero-order valence-corrected chi connectivity index (χ0v) is 12.2. The summed E-state index contributed by atoms with van der Waals surface area (Å²) in [6.45, 7) is 0.750. The molecule has 0 aliphatic carbocycles. The van der Waals surface area contributed by atoms with Crippen LogP contribution in [0.1, 0.15) is 11.1 Å². The second kappa shape index (κ2) is 4.23. The lowest BCUT2D eigenvalue weighted by molar-refractivity contribution is 0.349. The lowest BCUT2D eigenvalue weighted by Gasteiger charge is -2.13.